The molecule has 0 radical (unpaired) electrons. The molecule has 0 spiro atoms. The molecule has 45 heavy (non-hydrogen) atoms. The first kappa shape index (κ1) is 34.6. The predicted molar refractivity (Wildman–Crippen MR) is 184 cm³/mol. The maximum Gasteiger partial charge on any atom is 0.199 e. The summed E-state index contributed by atoms with van der Waals surface area (Å²) >= 11 is 1.01. The van der Waals surface area contributed by atoms with Crippen molar-refractivity contribution in [2.45, 2.75) is 105 Å². The second-order valence-electron chi connectivity index (χ2n) is 12.0. The number of aliphatic imine (C=N–C) groups is 1. The van der Waals surface area contributed by atoms with Gasteiger partial charge in [0.05, 0.1) is 23.7 Å². The summed E-state index contributed by atoms with van der Waals surface area (Å²) in [6.07, 6.45) is 15.9. The number of ether oxygens (including phenoxy) is 1. The molecular weight excluding hydrogens is 588 g/mol. The van der Waals surface area contributed by atoms with Gasteiger partial charge in [0.25, 0.3) is 0 Å². The summed E-state index contributed by atoms with van der Waals surface area (Å²) in [5, 5.41) is 13.5. The third-order valence-electron chi connectivity index (χ3n) is 8.98. The van der Waals surface area contributed by atoms with Gasteiger partial charge in [0, 0.05) is 36.0 Å². The fourth-order valence-corrected chi connectivity index (χ4v) is 7.31. The maximum atomic E-state index is 16.7. The molecule has 1 unspecified atom stereocenters. The lowest BCUT2D eigenvalue weighted by Crippen LogP contribution is -2.42. The number of unbranched alkanes of at least 4 members (excludes halogenated alkanes) is 6. The minimum Gasteiger partial charge on any atom is -0.389 e. The minimum atomic E-state index is -0.825. The number of nitrogen functional groups attached to an aromatic ring is 1. The quantitative estimate of drug-likeness (QED) is 0.250. The number of allylic oxidation sites excluding steroid dienone is 3. The number of nitrogens with two attached hydrogens (primary N) is 1. The van der Waals surface area contributed by atoms with Crippen LogP contribution < -0.4 is 11.1 Å². The second-order valence-corrected chi connectivity index (χ2v) is 13.1. The molecule has 1 aliphatic carbocycles. The zero-order valence-electron chi connectivity index (χ0n) is 27.6. The Labute approximate surface area is 272 Å². The molecule has 3 N–H and O–H groups in total. The van der Waals surface area contributed by atoms with Crippen molar-refractivity contribution in [1.29, 1.82) is 5.26 Å². The number of halogens is 2. The smallest absolute Gasteiger partial charge is 0.199 e. The highest BCUT2D eigenvalue weighted by Gasteiger charge is 2.41. The molecule has 4 aliphatic rings. The van der Waals surface area contributed by atoms with Crippen LogP contribution in [0, 0.1) is 11.3 Å². The van der Waals surface area contributed by atoms with Gasteiger partial charge < -0.3 is 20.7 Å². The van der Waals surface area contributed by atoms with Crippen molar-refractivity contribution < 1.29 is 13.5 Å². The molecule has 0 aromatic carbocycles. The van der Waals surface area contributed by atoms with E-state index < -0.39 is 17.7 Å². The fraction of sp³-hybridized carbons (Fsp3) is 0.556. The third kappa shape index (κ3) is 7.44. The van der Waals surface area contributed by atoms with E-state index in [1.807, 2.05) is 20.0 Å². The van der Waals surface area contributed by atoms with Crippen LogP contribution in [0.5, 0.6) is 0 Å². The first-order valence-corrected chi connectivity index (χ1v) is 17.5. The van der Waals surface area contributed by atoms with E-state index in [0.29, 0.717) is 35.7 Å². The van der Waals surface area contributed by atoms with Crippen molar-refractivity contribution in [3.63, 3.8) is 0 Å². The Morgan fingerprint density at radius 1 is 1.13 bits per heavy atom. The van der Waals surface area contributed by atoms with Crippen LogP contribution in [0.1, 0.15) is 115 Å². The van der Waals surface area contributed by atoms with Gasteiger partial charge in [0.15, 0.2) is 5.96 Å². The Kier molecular flexibility index (Phi) is 12.6. The van der Waals surface area contributed by atoms with E-state index in [2.05, 4.69) is 30.1 Å². The van der Waals surface area contributed by atoms with E-state index in [1.54, 1.807) is 6.92 Å². The SMILES string of the molecule is C/C=C(/F)c1sc(N)c(C#N)c1/C(C1=C(F)C2N=C(N3CCCC3)NC=C2C2=C1COC2)=C(\C)CC.CCCCCCCCC. The average Bonchev–Trinajstić information content (AvgIpc) is 3.83. The van der Waals surface area contributed by atoms with E-state index in [4.69, 9.17) is 15.5 Å². The summed E-state index contributed by atoms with van der Waals surface area (Å²) in [5.74, 6) is -0.239. The molecule has 0 bridgehead atoms. The molecule has 0 amide bonds. The molecule has 1 saturated heterocycles. The van der Waals surface area contributed by atoms with Crippen LogP contribution in [0.2, 0.25) is 0 Å². The second kappa shape index (κ2) is 16.4. The molecule has 0 saturated carbocycles. The number of nitrogens with zero attached hydrogens (tertiary/aromatic N) is 3. The van der Waals surface area contributed by atoms with E-state index >= 15 is 8.78 Å². The third-order valence-corrected chi connectivity index (χ3v) is 10.0. The Morgan fingerprint density at radius 3 is 2.38 bits per heavy atom. The van der Waals surface area contributed by atoms with Gasteiger partial charge >= 0.3 is 0 Å². The van der Waals surface area contributed by atoms with Crippen LogP contribution in [0.25, 0.3) is 11.4 Å². The highest BCUT2D eigenvalue weighted by atomic mass is 32.1. The van der Waals surface area contributed by atoms with Gasteiger partial charge in [-0.05, 0) is 49.8 Å². The summed E-state index contributed by atoms with van der Waals surface area (Å²) in [7, 11) is 0. The van der Waals surface area contributed by atoms with E-state index in [9.17, 15) is 5.26 Å². The van der Waals surface area contributed by atoms with Gasteiger partial charge in [-0.3, -0.25) is 0 Å². The van der Waals surface area contributed by atoms with Crippen LogP contribution >= 0.6 is 11.3 Å². The average molecular weight is 638 g/mol. The number of fused-ring (bicyclic) bond motifs is 2. The number of hydrogen-bond acceptors (Lipinski definition) is 7. The highest BCUT2D eigenvalue weighted by Crippen LogP contribution is 2.51. The van der Waals surface area contributed by atoms with E-state index in [0.717, 1.165) is 59.6 Å². The Hall–Kier alpha value is -3.22. The normalized spacial score (nSPS) is 20.1. The van der Waals surface area contributed by atoms with Crippen LogP contribution in [0.4, 0.5) is 13.8 Å². The number of nitrogens with one attached hydrogen (secondary N) is 1. The van der Waals surface area contributed by atoms with Crippen molar-refractivity contribution in [2.24, 2.45) is 4.99 Å². The van der Waals surface area contributed by atoms with Crippen LogP contribution in [0.15, 0.2) is 51.0 Å². The number of hydrogen-bond donors (Lipinski definition) is 2. The van der Waals surface area contributed by atoms with Gasteiger partial charge in [-0.2, -0.15) is 5.26 Å². The zero-order chi connectivity index (χ0) is 32.5. The number of nitriles is 1. The van der Waals surface area contributed by atoms with Gasteiger partial charge in [0.1, 0.15) is 28.8 Å². The Balaban J connectivity index is 0.000000448. The molecule has 1 aromatic heterocycles. The lowest BCUT2D eigenvalue weighted by atomic mass is 9.78. The predicted octanol–water partition coefficient (Wildman–Crippen LogP) is 9.34. The summed E-state index contributed by atoms with van der Waals surface area (Å²) in [6, 6.07) is 1.32. The summed E-state index contributed by atoms with van der Waals surface area (Å²) in [4.78, 5) is 7.18. The fourth-order valence-electron chi connectivity index (χ4n) is 6.32. The molecule has 3 aliphatic heterocycles. The lowest BCUT2D eigenvalue weighted by Gasteiger charge is -2.32. The lowest BCUT2D eigenvalue weighted by molar-refractivity contribution is 0.206. The number of rotatable bonds is 10. The minimum absolute atomic E-state index is 0.170. The van der Waals surface area contributed by atoms with E-state index in [1.165, 1.54) is 51.0 Å². The monoisotopic (exact) mass is 637 g/mol. The highest BCUT2D eigenvalue weighted by molar-refractivity contribution is 7.17. The zero-order valence-corrected chi connectivity index (χ0v) is 28.4. The Morgan fingerprint density at radius 2 is 1.78 bits per heavy atom. The molecule has 1 atom stereocenters. The van der Waals surface area contributed by atoms with E-state index in [-0.39, 0.29) is 22.0 Å². The Bertz CT molecular complexity index is 1460. The summed E-state index contributed by atoms with van der Waals surface area (Å²) in [5.41, 5.74) is 10.8. The molecule has 5 rings (SSSR count). The molecule has 4 heterocycles. The van der Waals surface area contributed by atoms with Gasteiger partial charge in [-0.15, -0.1) is 11.3 Å². The number of thiophene rings is 1. The molecule has 6 nitrogen and oxygen atoms in total. The van der Waals surface area contributed by atoms with Gasteiger partial charge in [-0.1, -0.05) is 77.4 Å². The number of anilines is 1. The standard InChI is InChI=1S/C27H29F2N5OS.C9H20/c1-4-14(3)20(22-15(10-30)26(31)36-25(22)19(28)5-2)21-18-13-35-12-17(18)16-11-32-27(33-24(16)23(21)29)34-8-6-7-9-34;1-3-5-7-9-8-6-4-2/h5,11,24H,4,6-9,12-13,31H2,1-3H3,(H,32,33);3-9H2,1-2H3/b19-5+,20-14+;. The van der Waals surface area contributed by atoms with Crippen molar-refractivity contribution in [2.75, 3.05) is 32.0 Å². The van der Waals surface area contributed by atoms with Crippen LogP contribution in [0.3, 0.4) is 0 Å². The molecular formula is C36H49F2N5OS. The number of guanidine groups is 1. The topological polar surface area (TPSA) is 86.7 Å². The van der Waals surface area contributed by atoms with Crippen LogP contribution in [-0.4, -0.2) is 43.2 Å². The maximum absolute atomic E-state index is 16.7. The first-order valence-electron chi connectivity index (χ1n) is 16.7. The number of likely N-dealkylation sites (tertiary alicyclic amines) is 1. The molecule has 1 aromatic rings. The summed E-state index contributed by atoms with van der Waals surface area (Å²) in [6.45, 7) is 12.3. The van der Waals surface area contributed by atoms with Crippen molar-refractivity contribution in [3.8, 4) is 6.07 Å². The largest absolute Gasteiger partial charge is 0.389 e. The molecule has 9 heteroatoms. The first-order chi connectivity index (χ1) is 21.8. The van der Waals surface area contributed by atoms with Crippen molar-refractivity contribution in [1.82, 2.24) is 10.2 Å². The van der Waals surface area contributed by atoms with Crippen molar-refractivity contribution in [3.05, 3.63) is 62.0 Å². The molecule has 1 fully saturated rings. The summed E-state index contributed by atoms with van der Waals surface area (Å²) < 4.78 is 37.6. The van der Waals surface area contributed by atoms with Gasteiger partial charge in [0.2, 0.25) is 0 Å². The van der Waals surface area contributed by atoms with Crippen LogP contribution in [-0.2, 0) is 4.74 Å². The van der Waals surface area contributed by atoms with Gasteiger partial charge in [-0.25, -0.2) is 13.8 Å². The molecule has 244 valence electrons. The van der Waals surface area contributed by atoms with Crippen molar-refractivity contribution >= 4 is 33.7 Å².